The number of hydrogen-bond donors (Lipinski definition) is 1. The summed E-state index contributed by atoms with van der Waals surface area (Å²) in [4.78, 5) is 35.1. The van der Waals surface area contributed by atoms with E-state index in [1.807, 2.05) is 30.3 Å². The number of rotatable bonds is 6. The maximum absolute atomic E-state index is 13.1. The van der Waals surface area contributed by atoms with Crippen LogP contribution in [0.1, 0.15) is 24.1 Å². The quantitative estimate of drug-likeness (QED) is 0.537. The summed E-state index contributed by atoms with van der Waals surface area (Å²) < 4.78 is 10.7. The fourth-order valence-corrected chi connectivity index (χ4v) is 4.32. The average Bonchev–Trinajstić information content (AvgIpc) is 2.84. The highest BCUT2D eigenvalue weighted by Gasteiger charge is 2.43. The van der Waals surface area contributed by atoms with Gasteiger partial charge in [-0.25, -0.2) is 4.99 Å². The van der Waals surface area contributed by atoms with Gasteiger partial charge in [-0.05, 0) is 18.6 Å². The Balaban J connectivity index is 1.54. The Kier molecular flexibility index (Phi) is 7.24. The Labute approximate surface area is 194 Å². The maximum atomic E-state index is 13.1. The molecular formula is C25H30N4O4. The number of aliphatic imine (C=N–C) groups is 1. The molecule has 1 fully saturated rings. The zero-order valence-corrected chi connectivity index (χ0v) is 19.1. The van der Waals surface area contributed by atoms with E-state index in [2.05, 4.69) is 39.4 Å². The predicted octanol–water partition coefficient (Wildman–Crippen LogP) is 2.22. The largest absolute Gasteiger partial charge is 0.496 e. The van der Waals surface area contributed by atoms with Crippen molar-refractivity contribution in [2.45, 2.75) is 19.5 Å². The molecule has 2 heterocycles. The van der Waals surface area contributed by atoms with Crippen molar-refractivity contribution in [1.29, 1.82) is 0 Å². The molecule has 1 N–H and O–H groups in total. The lowest BCUT2D eigenvalue weighted by Crippen LogP contribution is -2.57. The van der Waals surface area contributed by atoms with Gasteiger partial charge in [0.15, 0.2) is 5.92 Å². The normalized spacial score (nSPS) is 21.2. The second kappa shape index (κ2) is 10.5. The van der Waals surface area contributed by atoms with Crippen LogP contribution in [0.2, 0.25) is 0 Å². The molecule has 1 amide bonds. The van der Waals surface area contributed by atoms with Gasteiger partial charge in [-0.15, -0.1) is 0 Å². The van der Waals surface area contributed by atoms with Gasteiger partial charge in [0, 0.05) is 38.3 Å². The van der Waals surface area contributed by atoms with Crippen molar-refractivity contribution >= 4 is 17.8 Å². The van der Waals surface area contributed by atoms with Crippen molar-refractivity contribution < 1.29 is 19.1 Å². The monoisotopic (exact) mass is 450 g/mol. The molecule has 4 rings (SSSR count). The highest BCUT2D eigenvalue weighted by atomic mass is 16.5. The molecule has 174 valence electrons. The predicted molar refractivity (Wildman–Crippen MR) is 125 cm³/mol. The summed E-state index contributed by atoms with van der Waals surface area (Å²) in [5.41, 5.74) is 1.97. The highest BCUT2D eigenvalue weighted by molar-refractivity contribution is 6.08. The third-order valence-electron chi connectivity index (χ3n) is 6.01. The Hall–Kier alpha value is -3.39. The molecule has 2 aromatic carbocycles. The van der Waals surface area contributed by atoms with E-state index in [1.54, 1.807) is 14.0 Å². The zero-order valence-electron chi connectivity index (χ0n) is 19.1. The van der Waals surface area contributed by atoms with Crippen LogP contribution >= 0.6 is 0 Å². The molecule has 2 aliphatic heterocycles. The molecule has 33 heavy (non-hydrogen) atoms. The summed E-state index contributed by atoms with van der Waals surface area (Å²) in [5.74, 6) is -0.968. The van der Waals surface area contributed by atoms with Gasteiger partial charge in [-0.3, -0.25) is 19.8 Å². The molecule has 0 saturated carbocycles. The molecule has 0 aliphatic carbocycles. The lowest BCUT2D eigenvalue weighted by molar-refractivity contribution is -0.153. The second-order valence-corrected chi connectivity index (χ2v) is 8.11. The van der Waals surface area contributed by atoms with Crippen LogP contribution in [-0.2, 0) is 20.9 Å². The SMILES string of the molecule is CCOC(=O)[C@@H]1C(=O)NC(N2CCN(Cc3ccccc3)CC2)=N[C@@H]1c1ccccc1OC. The zero-order chi connectivity index (χ0) is 23.2. The van der Waals surface area contributed by atoms with Gasteiger partial charge < -0.3 is 14.4 Å². The van der Waals surface area contributed by atoms with Gasteiger partial charge in [-0.2, -0.15) is 0 Å². The Bertz CT molecular complexity index is 1000. The topological polar surface area (TPSA) is 83.5 Å². The Morgan fingerprint density at radius 2 is 1.76 bits per heavy atom. The molecule has 1 saturated heterocycles. The summed E-state index contributed by atoms with van der Waals surface area (Å²) in [7, 11) is 1.57. The van der Waals surface area contributed by atoms with E-state index in [-0.39, 0.29) is 6.61 Å². The summed E-state index contributed by atoms with van der Waals surface area (Å²) >= 11 is 0. The van der Waals surface area contributed by atoms with Gasteiger partial charge in [0.2, 0.25) is 11.9 Å². The van der Waals surface area contributed by atoms with E-state index in [9.17, 15) is 9.59 Å². The van der Waals surface area contributed by atoms with Gasteiger partial charge in [0.1, 0.15) is 11.8 Å². The molecule has 0 radical (unpaired) electrons. The van der Waals surface area contributed by atoms with Gasteiger partial charge in [0.25, 0.3) is 0 Å². The summed E-state index contributed by atoms with van der Waals surface area (Å²) in [5, 5.41) is 2.85. The van der Waals surface area contributed by atoms with Crippen molar-refractivity contribution in [3.8, 4) is 5.75 Å². The third kappa shape index (κ3) is 5.17. The Morgan fingerprint density at radius 3 is 2.45 bits per heavy atom. The molecule has 0 aromatic heterocycles. The summed E-state index contributed by atoms with van der Waals surface area (Å²) in [6, 6.07) is 17.0. The number of ether oxygens (including phenoxy) is 2. The second-order valence-electron chi connectivity index (χ2n) is 8.11. The number of nitrogens with zero attached hydrogens (tertiary/aromatic N) is 3. The number of amides is 1. The number of nitrogens with one attached hydrogen (secondary N) is 1. The van der Waals surface area contributed by atoms with Crippen molar-refractivity contribution in [2.24, 2.45) is 10.9 Å². The van der Waals surface area contributed by atoms with Crippen LogP contribution in [0.25, 0.3) is 0 Å². The lowest BCUT2D eigenvalue weighted by Gasteiger charge is -2.39. The number of hydrogen-bond acceptors (Lipinski definition) is 7. The minimum atomic E-state index is -1.07. The van der Waals surface area contributed by atoms with E-state index in [4.69, 9.17) is 14.5 Å². The fourth-order valence-electron chi connectivity index (χ4n) is 4.32. The van der Waals surface area contributed by atoms with Crippen molar-refractivity contribution in [2.75, 3.05) is 39.9 Å². The van der Waals surface area contributed by atoms with E-state index in [0.717, 1.165) is 32.7 Å². The molecular weight excluding hydrogens is 420 g/mol. The molecule has 8 heteroatoms. The number of piperazine rings is 1. The average molecular weight is 451 g/mol. The van der Waals surface area contributed by atoms with Gasteiger partial charge in [-0.1, -0.05) is 48.5 Å². The third-order valence-corrected chi connectivity index (χ3v) is 6.01. The van der Waals surface area contributed by atoms with Gasteiger partial charge >= 0.3 is 5.97 Å². The molecule has 0 spiro atoms. The first-order valence-electron chi connectivity index (χ1n) is 11.3. The van der Waals surface area contributed by atoms with Crippen LogP contribution in [0.4, 0.5) is 0 Å². The minimum absolute atomic E-state index is 0.196. The van der Waals surface area contributed by atoms with Crippen LogP contribution in [0.3, 0.4) is 0 Å². The number of benzene rings is 2. The molecule has 8 nitrogen and oxygen atoms in total. The lowest BCUT2D eigenvalue weighted by atomic mass is 9.90. The van der Waals surface area contributed by atoms with E-state index in [1.165, 1.54) is 5.56 Å². The van der Waals surface area contributed by atoms with E-state index in [0.29, 0.717) is 17.3 Å². The van der Waals surface area contributed by atoms with Crippen LogP contribution in [0.15, 0.2) is 59.6 Å². The Morgan fingerprint density at radius 1 is 1.06 bits per heavy atom. The number of methoxy groups -OCH3 is 1. The van der Waals surface area contributed by atoms with Crippen LogP contribution in [-0.4, -0.2) is 67.5 Å². The van der Waals surface area contributed by atoms with E-state index < -0.39 is 23.8 Å². The van der Waals surface area contributed by atoms with Crippen LogP contribution in [0.5, 0.6) is 5.75 Å². The molecule has 0 unspecified atom stereocenters. The minimum Gasteiger partial charge on any atom is -0.496 e. The molecule has 0 bridgehead atoms. The number of carbonyl (C=O) groups excluding carboxylic acids is 2. The number of guanidine groups is 1. The first kappa shape index (κ1) is 22.8. The summed E-state index contributed by atoms with van der Waals surface area (Å²) in [6.07, 6.45) is 0. The van der Waals surface area contributed by atoms with Crippen LogP contribution < -0.4 is 10.1 Å². The molecule has 2 aliphatic rings. The first-order chi connectivity index (χ1) is 16.1. The van der Waals surface area contributed by atoms with Crippen molar-refractivity contribution in [3.63, 3.8) is 0 Å². The highest BCUT2D eigenvalue weighted by Crippen LogP contribution is 2.36. The number of carbonyl (C=O) groups is 2. The summed E-state index contributed by atoms with van der Waals surface area (Å²) in [6.45, 7) is 5.97. The first-order valence-corrected chi connectivity index (χ1v) is 11.3. The smallest absolute Gasteiger partial charge is 0.321 e. The number of esters is 1. The van der Waals surface area contributed by atoms with E-state index >= 15 is 0 Å². The fraction of sp³-hybridized carbons (Fsp3) is 0.400. The molecule has 2 atom stereocenters. The van der Waals surface area contributed by atoms with Crippen LogP contribution in [0, 0.1) is 5.92 Å². The number of para-hydroxylation sites is 1. The maximum Gasteiger partial charge on any atom is 0.321 e. The van der Waals surface area contributed by atoms with Crippen molar-refractivity contribution in [3.05, 3.63) is 65.7 Å². The van der Waals surface area contributed by atoms with Crippen molar-refractivity contribution in [1.82, 2.24) is 15.1 Å². The standard InChI is InChI=1S/C25H30N4O4/c1-3-33-24(31)21-22(19-11-7-8-12-20(19)32-2)26-25(27-23(21)30)29-15-13-28(14-16-29)17-18-9-5-4-6-10-18/h4-12,21-22H,3,13-17H2,1-2H3,(H,26,27,30)/t21-,22+/m0/s1. The van der Waals surface area contributed by atoms with Gasteiger partial charge in [0.05, 0.1) is 13.7 Å². The molecule has 2 aromatic rings.